The Kier molecular flexibility index (Phi) is 3.86. The van der Waals surface area contributed by atoms with Gasteiger partial charge in [0.1, 0.15) is 0 Å². The van der Waals surface area contributed by atoms with E-state index in [4.69, 9.17) is 16.0 Å². The molecule has 0 amide bonds. The van der Waals surface area contributed by atoms with Gasteiger partial charge < -0.3 is 9.73 Å². The summed E-state index contributed by atoms with van der Waals surface area (Å²) in [4.78, 5) is 4.24. The van der Waals surface area contributed by atoms with Crippen molar-refractivity contribution in [3.8, 4) is 11.3 Å². The number of rotatable bonds is 3. The summed E-state index contributed by atoms with van der Waals surface area (Å²) in [5, 5.41) is 3.76. The number of nitrogens with one attached hydrogen (secondary N) is 1. The minimum atomic E-state index is 0.0924. The van der Waals surface area contributed by atoms with E-state index in [9.17, 15) is 0 Å². The van der Waals surface area contributed by atoms with Gasteiger partial charge in [-0.1, -0.05) is 11.6 Å². The summed E-state index contributed by atoms with van der Waals surface area (Å²) in [5.74, 6) is 1.40. The maximum absolute atomic E-state index is 5.90. The molecule has 2 rings (SSSR count). The first-order valence-corrected chi connectivity index (χ1v) is 6.37. The Hall–Kier alpha value is -0.840. The van der Waals surface area contributed by atoms with E-state index in [-0.39, 0.29) is 6.04 Å². The molecule has 0 aliphatic rings. The number of oxazole rings is 1. The molecule has 1 aromatic heterocycles. The Bertz CT molecular complexity index is 527. The molecular weight excluding hydrogens is 304 g/mol. The molecule has 0 saturated heterocycles. The van der Waals surface area contributed by atoms with Crippen LogP contribution in [0, 0.1) is 0 Å². The molecule has 0 bridgehead atoms. The van der Waals surface area contributed by atoms with Crippen LogP contribution in [-0.4, -0.2) is 12.0 Å². The first-order valence-electron chi connectivity index (χ1n) is 5.20. The Morgan fingerprint density at radius 2 is 2.24 bits per heavy atom. The van der Waals surface area contributed by atoms with Crippen LogP contribution >= 0.6 is 27.5 Å². The molecule has 5 heteroatoms. The fourth-order valence-electron chi connectivity index (χ4n) is 1.43. The maximum Gasteiger partial charge on any atom is 0.211 e. The van der Waals surface area contributed by atoms with Crippen molar-refractivity contribution in [2.24, 2.45) is 0 Å². The van der Waals surface area contributed by atoms with Gasteiger partial charge in [-0.3, -0.25) is 0 Å². The van der Waals surface area contributed by atoms with E-state index in [0.29, 0.717) is 10.9 Å². The molecule has 1 heterocycles. The molecule has 1 aromatic carbocycles. The van der Waals surface area contributed by atoms with E-state index in [1.807, 2.05) is 32.2 Å². The van der Waals surface area contributed by atoms with Crippen LogP contribution in [0.15, 0.2) is 33.3 Å². The zero-order valence-electron chi connectivity index (χ0n) is 9.50. The first kappa shape index (κ1) is 12.6. The van der Waals surface area contributed by atoms with Gasteiger partial charge in [0.25, 0.3) is 0 Å². The van der Waals surface area contributed by atoms with E-state index in [0.717, 1.165) is 15.8 Å². The standard InChI is InChI=1S/C12H12BrClN2O/c1-7(15-2)12-16-6-11(17-12)9-4-3-8(14)5-10(9)13/h3-7,15H,1-2H3. The minimum Gasteiger partial charge on any atom is -0.439 e. The lowest BCUT2D eigenvalue weighted by atomic mass is 10.2. The molecular formula is C12H12BrClN2O. The molecule has 0 saturated carbocycles. The van der Waals surface area contributed by atoms with E-state index in [1.54, 1.807) is 6.20 Å². The van der Waals surface area contributed by atoms with Gasteiger partial charge in [-0.25, -0.2) is 4.98 Å². The third-order valence-corrected chi connectivity index (χ3v) is 3.41. The second kappa shape index (κ2) is 5.21. The molecule has 0 aliphatic carbocycles. The Labute approximate surface area is 113 Å². The van der Waals surface area contributed by atoms with Gasteiger partial charge in [0.15, 0.2) is 5.76 Å². The first-order chi connectivity index (χ1) is 8.11. The van der Waals surface area contributed by atoms with Gasteiger partial charge >= 0.3 is 0 Å². The molecule has 17 heavy (non-hydrogen) atoms. The predicted octanol–water partition coefficient (Wildman–Crippen LogP) is 4.04. The summed E-state index contributed by atoms with van der Waals surface area (Å²) in [6.07, 6.45) is 1.72. The zero-order chi connectivity index (χ0) is 12.4. The van der Waals surface area contributed by atoms with E-state index in [1.165, 1.54) is 0 Å². The van der Waals surface area contributed by atoms with Crippen LogP contribution in [0.3, 0.4) is 0 Å². The van der Waals surface area contributed by atoms with E-state index in [2.05, 4.69) is 26.2 Å². The summed E-state index contributed by atoms with van der Waals surface area (Å²) >= 11 is 9.36. The van der Waals surface area contributed by atoms with Crippen molar-refractivity contribution in [1.82, 2.24) is 10.3 Å². The highest BCUT2D eigenvalue weighted by atomic mass is 79.9. The van der Waals surface area contributed by atoms with E-state index >= 15 is 0 Å². The lowest BCUT2D eigenvalue weighted by Gasteiger charge is -2.04. The smallest absolute Gasteiger partial charge is 0.211 e. The highest BCUT2D eigenvalue weighted by Gasteiger charge is 2.13. The van der Waals surface area contributed by atoms with Gasteiger partial charge in [-0.15, -0.1) is 0 Å². The van der Waals surface area contributed by atoms with E-state index < -0.39 is 0 Å². The van der Waals surface area contributed by atoms with Crippen LogP contribution in [0.25, 0.3) is 11.3 Å². The minimum absolute atomic E-state index is 0.0924. The van der Waals surface area contributed by atoms with Gasteiger partial charge in [-0.2, -0.15) is 0 Å². The van der Waals surface area contributed by atoms with Crippen LogP contribution in [0.4, 0.5) is 0 Å². The molecule has 0 aliphatic heterocycles. The second-order valence-corrected chi connectivity index (χ2v) is 4.99. The van der Waals surface area contributed by atoms with Crippen LogP contribution in [-0.2, 0) is 0 Å². The van der Waals surface area contributed by atoms with Gasteiger partial charge in [0.05, 0.1) is 12.2 Å². The molecule has 1 unspecified atom stereocenters. The van der Waals surface area contributed by atoms with Crippen LogP contribution in [0.2, 0.25) is 5.02 Å². The van der Waals surface area contributed by atoms with Crippen molar-refractivity contribution in [1.29, 1.82) is 0 Å². The Morgan fingerprint density at radius 1 is 1.47 bits per heavy atom. The van der Waals surface area contributed by atoms with Crippen molar-refractivity contribution in [3.63, 3.8) is 0 Å². The average Bonchev–Trinajstić information content (AvgIpc) is 2.77. The van der Waals surface area contributed by atoms with Crippen molar-refractivity contribution < 1.29 is 4.42 Å². The molecule has 0 fully saturated rings. The summed E-state index contributed by atoms with van der Waals surface area (Å²) in [6, 6.07) is 5.65. The molecule has 1 atom stereocenters. The number of halogens is 2. The van der Waals surface area contributed by atoms with Crippen molar-refractivity contribution in [2.75, 3.05) is 7.05 Å². The number of aromatic nitrogens is 1. The molecule has 2 aromatic rings. The quantitative estimate of drug-likeness (QED) is 0.929. The summed E-state index contributed by atoms with van der Waals surface area (Å²) in [6.45, 7) is 1.99. The lowest BCUT2D eigenvalue weighted by molar-refractivity contribution is 0.441. The molecule has 90 valence electrons. The average molecular weight is 316 g/mol. The third-order valence-electron chi connectivity index (χ3n) is 2.52. The molecule has 1 N–H and O–H groups in total. The second-order valence-electron chi connectivity index (χ2n) is 3.70. The number of benzene rings is 1. The number of hydrogen-bond donors (Lipinski definition) is 1. The maximum atomic E-state index is 5.90. The van der Waals surface area contributed by atoms with Crippen LogP contribution < -0.4 is 5.32 Å². The highest BCUT2D eigenvalue weighted by molar-refractivity contribution is 9.10. The van der Waals surface area contributed by atoms with Crippen molar-refractivity contribution in [2.45, 2.75) is 13.0 Å². The predicted molar refractivity (Wildman–Crippen MR) is 72.1 cm³/mol. The normalized spacial score (nSPS) is 12.7. The topological polar surface area (TPSA) is 38.1 Å². The molecule has 0 radical (unpaired) electrons. The third kappa shape index (κ3) is 2.70. The highest BCUT2D eigenvalue weighted by Crippen LogP contribution is 2.31. The summed E-state index contributed by atoms with van der Waals surface area (Å²) in [5.41, 5.74) is 0.941. The van der Waals surface area contributed by atoms with Gasteiger partial charge in [0.2, 0.25) is 5.89 Å². The monoisotopic (exact) mass is 314 g/mol. The van der Waals surface area contributed by atoms with Crippen LogP contribution in [0.1, 0.15) is 18.9 Å². The SMILES string of the molecule is CNC(C)c1ncc(-c2ccc(Cl)cc2Br)o1. The van der Waals surface area contributed by atoms with Crippen molar-refractivity contribution in [3.05, 3.63) is 39.8 Å². The van der Waals surface area contributed by atoms with Gasteiger partial charge in [-0.05, 0) is 48.1 Å². The largest absolute Gasteiger partial charge is 0.439 e. The summed E-state index contributed by atoms with van der Waals surface area (Å²) < 4.78 is 6.59. The Balaban J connectivity index is 2.37. The lowest BCUT2D eigenvalue weighted by Crippen LogP contribution is -2.12. The summed E-state index contributed by atoms with van der Waals surface area (Å²) in [7, 11) is 1.87. The molecule has 3 nitrogen and oxygen atoms in total. The number of nitrogens with zero attached hydrogens (tertiary/aromatic N) is 1. The fraction of sp³-hybridized carbons (Fsp3) is 0.250. The van der Waals surface area contributed by atoms with Crippen molar-refractivity contribution >= 4 is 27.5 Å². The fourth-order valence-corrected chi connectivity index (χ4v) is 2.30. The van der Waals surface area contributed by atoms with Gasteiger partial charge in [0, 0.05) is 15.1 Å². The Morgan fingerprint density at radius 3 is 2.88 bits per heavy atom. The number of hydrogen-bond acceptors (Lipinski definition) is 3. The van der Waals surface area contributed by atoms with Crippen LogP contribution in [0.5, 0.6) is 0 Å². The zero-order valence-corrected chi connectivity index (χ0v) is 11.8. The molecule has 0 spiro atoms.